The summed E-state index contributed by atoms with van der Waals surface area (Å²) in [5.74, 6) is 0.432. The van der Waals surface area contributed by atoms with Crippen LogP contribution in [0.25, 0.3) is 0 Å². The van der Waals surface area contributed by atoms with Gasteiger partial charge in [0, 0.05) is 0 Å². The second-order valence-electron chi connectivity index (χ2n) is 5.79. The lowest BCUT2D eigenvalue weighted by Gasteiger charge is -2.35. The maximum atomic E-state index is 12.8. The number of carbonyl (C=O) groups excluding carboxylic acids is 1. The molecule has 0 unspecified atom stereocenters. The molecule has 17 heavy (non-hydrogen) atoms. The third kappa shape index (κ3) is 2.47. The Morgan fingerprint density at radius 3 is 2.47 bits per heavy atom. The van der Waals surface area contributed by atoms with Gasteiger partial charge in [0.1, 0.15) is 0 Å². The van der Waals surface area contributed by atoms with E-state index in [1.165, 1.54) is 32.1 Å². The van der Waals surface area contributed by atoms with Gasteiger partial charge in [-0.3, -0.25) is 9.69 Å². The standard InChI is InChI=1S/C15H25NO/c1-16(2)15(11-7-8-12-15)14(17)13-9-5-3-4-6-10-13/h9H,3-8,10-12H2,1-2H3. The summed E-state index contributed by atoms with van der Waals surface area (Å²) in [6.07, 6.45) is 12.6. The molecule has 0 bridgehead atoms. The largest absolute Gasteiger partial charge is 0.297 e. The molecule has 0 aliphatic heterocycles. The van der Waals surface area contributed by atoms with Crippen LogP contribution in [0.5, 0.6) is 0 Å². The molecule has 2 heteroatoms. The Balaban J connectivity index is 2.19. The van der Waals surface area contributed by atoms with Crippen molar-refractivity contribution in [2.24, 2.45) is 0 Å². The van der Waals surface area contributed by atoms with Gasteiger partial charge in [0.2, 0.25) is 0 Å². The van der Waals surface area contributed by atoms with Crippen molar-refractivity contribution < 1.29 is 4.79 Å². The molecule has 1 fully saturated rings. The molecule has 96 valence electrons. The van der Waals surface area contributed by atoms with Crippen LogP contribution in [0.1, 0.15) is 57.8 Å². The monoisotopic (exact) mass is 235 g/mol. The first-order chi connectivity index (χ1) is 8.17. The van der Waals surface area contributed by atoms with Gasteiger partial charge >= 0.3 is 0 Å². The Morgan fingerprint density at radius 1 is 1.12 bits per heavy atom. The quantitative estimate of drug-likeness (QED) is 0.748. The SMILES string of the molecule is CN(C)C1(C(=O)C2=CCCCCC2)CCCC1. The molecule has 0 aromatic heterocycles. The zero-order chi connectivity index (χ0) is 12.3. The predicted octanol–water partition coefficient (Wildman–Crippen LogP) is 3.32. The molecule has 0 amide bonds. The van der Waals surface area contributed by atoms with Crippen LogP contribution < -0.4 is 0 Å². The van der Waals surface area contributed by atoms with Crippen LogP contribution in [0.15, 0.2) is 11.6 Å². The van der Waals surface area contributed by atoms with Crippen LogP contribution in [-0.2, 0) is 4.79 Å². The highest BCUT2D eigenvalue weighted by Crippen LogP contribution is 2.37. The molecule has 0 aromatic carbocycles. The number of rotatable bonds is 3. The molecular weight excluding hydrogens is 210 g/mol. The number of likely N-dealkylation sites (N-methyl/N-ethyl adjacent to an activating group) is 1. The molecule has 0 N–H and O–H groups in total. The summed E-state index contributed by atoms with van der Waals surface area (Å²) in [5.41, 5.74) is 0.953. The first-order valence-electron chi connectivity index (χ1n) is 7.08. The van der Waals surface area contributed by atoms with Crippen molar-refractivity contribution in [3.8, 4) is 0 Å². The van der Waals surface area contributed by atoms with Gasteiger partial charge in [-0.2, -0.15) is 0 Å². The van der Waals surface area contributed by atoms with E-state index in [1.807, 2.05) is 0 Å². The lowest BCUT2D eigenvalue weighted by molar-refractivity contribution is -0.125. The third-order valence-electron chi connectivity index (χ3n) is 4.54. The zero-order valence-electron chi connectivity index (χ0n) is 11.3. The Morgan fingerprint density at radius 2 is 1.82 bits per heavy atom. The average molecular weight is 235 g/mol. The molecule has 0 spiro atoms. The maximum Gasteiger partial charge on any atom is 0.178 e. The van der Waals surface area contributed by atoms with Gasteiger partial charge < -0.3 is 0 Å². The Hall–Kier alpha value is -0.630. The molecular formula is C15H25NO. The van der Waals surface area contributed by atoms with Crippen molar-refractivity contribution >= 4 is 5.78 Å². The highest BCUT2D eigenvalue weighted by atomic mass is 16.1. The summed E-state index contributed by atoms with van der Waals surface area (Å²) in [7, 11) is 4.14. The van der Waals surface area contributed by atoms with Crippen LogP contribution in [0.3, 0.4) is 0 Å². The highest BCUT2D eigenvalue weighted by molar-refractivity contribution is 6.02. The van der Waals surface area contributed by atoms with Gasteiger partial charge in [0.15, 0.2) is 5.78 Å². The minimum Gasteiger partial charge on any atom is -0.297 e. The van der Waals surface area contributed by atoms with E-state index in [1.54, 1.807) is 0 Å². The normalized spacial score (nSPS) is 24.5. The number of ketones is 1. The van der Waals surface area contributed by atoms with Crippen molar-refractivity contribution in [3.05, 3.63) is 11.6 Å². The predicted molar refractivity (Wildman–Crippen MR) is 71.1 cm³/mol. The summed E-state index contributed by atoms with van der Waals surface area (Å²) in [5, 5.41) is 0. The number of nitrogens with zero attached hydrogens (tertiary/aromatic N) is 1. The number of carbonyl (C=O) groups is 1. The molecule has 2 aliphatic carbocycles. The van der Waals surface area contributed by atoms with Crippen molar-refractivity contribution in [3.63, 3.8) is 0 Å². The Bertz CT molecular complexity index is 311. The van der Waals surface area contributed by atoms with E-state index in [0.717, 1.165) is 31.3 Å². The van der Waals surface area contributed by atoms with E-state index in [4.69, 9.17) is 0 Å². The number of Topliss-reactive ketones (excluding diaryl/α,β-unsaturated/α-hetero) is 1. The third-order valence-corrected chi connectivity index (χ3v) is 4.54. The fourth-order valence-corrected chi connectivity index (χ4v) is 3.36. The van der Waals surface area contributed by atoms with Gasteiger partial charge in [-0.15, -0.1) is 0 Å². The first kappa shape index (κ1) is 12.8. The molecule has 0 aromatic rings. The van der Waals surface area contributed by atoms with Crippen LogP contribution in [0, 0.1) is 0 Å². The minimum atomic E-state index is -0.170. The van der Waals surface area contributed by atoms with E-state index in [9.17, 15) is 4.79 Å². The van der Waals surface area contributed by atoms with Crippen molar-refractivity contribution in [2.75, 3.05) is 14.1 Å². The number of allylic oxidation sites excluding steroid dienone is 1. The van der Waals surface area contributed by atoms with Crippen molar-refractivity contribution in [2.45, 2.75) is 63.3 Å². The lowest BCUT2D eigenvalue weighted by Crippen LogP contribution is -2.49. The van der Waals surface area contributed by atoms with Crippen molar-refractivity contribution in [1.29, 1.82) is 0 Å². The summed E-state index contributed by atoms with van der Waals surface area (Å²) in [6.45, 7) is 0. The van der Waals surface area contributed by atoms with Gasteiger partial charge in [-0.25, -0.2) is 0 Å². The molecule has 0 radical (unpaired) electrons. The van der Waals surface area contributed by atoms with Gasteiger partial charge in [-0.05, 0) is 58.2 Å². The fraction of sp³-hybridized carbons (Fsp3) is 0.800. The molecule has 0 saturated heterocycles. The van der Waals surface area contributed by atoms with Crippen LogP contribution >= 0.6 is 0 Å². The van der Waals surface area contributed by atoms with Crippen molar-refractivity contribution in [1.82, 2.24) is 4.90 Å². The first-order valence-corrected chi connectivity index (χ1v) is 7.08. The lowest BCUT2D eigenvalue weighted by atomic mass is 9.84. The van der Waals surface area contributed by atoms with E-state index in [-0.39, 0.29) is 5.54 Å². The second-order valence-corrected chi connectivity index (χ2v) is 5.79. The maximum absolute atomic E-state index is 12.8. The summed E-state index contributed by atoms with van der Waals surface area (Å²) < 4.78 is 0. The molecule has 1 saturated carbocycles. The van der Waals surface area contributed by atoms with E-state index >= 15 is 0 Å². The van der Waals surface area contributed by atoms with Crippen LogP contribution in [0.2, 0.25) is 0 Å². The molecule has 0 atom stereocenters. The van der Waals surface area contributed by atoms with Gasteiger partial charge in [0.25, 0.3) is 0 Å². The summed E-state index contributed by atoms with van der Waals surface area (Å²) in [6, 6.07) is 0. The smallest absolute Gasteiger partial charge is 0.178 e. The fourth-order valence-electron chi connectivity index (χ4n) is 3.36. The second kappa shape index (κ2) is 5.34. The minimum absolute atomic E-state index is 0.170. The van der Waals surface area contributed by atoms with Crippen LogP contribution in [-0.4, -0.2) is 30.3 Å². The molecule has 2 nitrogen and oxygen atoms in total. The van der Waals surface area contributed by atoms with Gasteiger partial charge in [0.05, 0.1) is 5.54 Å². The Labute approximate surface area is 105 Å². The zero-order valence-corrected chi connectivity index (χ0v) is 11.3. The number of hydrogen-bond acceptors (Lipinski definition) is 2. The van der Waals surface area contributed by atoms with E-state index in [0.29, 0.717) is 5.78 Å². The van der Waals surface area contributed by atoms with E-state index < -0.39 is 0 Å². The topological polar surface area (TPSA) is 20.3 Å². The average Bonchev–Trinajstić information content (AvgIpc) is 2.66. The highest BCUT2D eigenvalue weighted by Gasteiger charge is 2.43. The van der Waals surface area contributed by atoms with E-state index in [2.05, 4.69) is 25.1 Å². The molecule has 2 aliphatic rings. The van der Waals surface area contributed by atoms with Crippen LogP contribution in [0.4, 0.5) is 0 Å². The van der Waals surface area contributed by atoms with Gasteiger partial charge in [-0.1, -0.05) is 25.3 Å². The Kier molecular flexibility index (Phi) is 4.03. The summed E-state index contributed by atoms with van der Waals surface area (Å²) in [4.78, 5) is 15.0. The molecule has 0 heterocycles. The summed E-state index contributed by atoms with van der Waals surface area (Å²) >= 11 is 0. The molecule has 2 rings (SSSR count). The number of hydrogen-bond donors (Lipinski definition) is 0.